The normalized spacial score (nSPS) is 19.4. The van der Waals surface area contributed by atoms with Crippen LogP contribution in [0.2, 0.25) is 0 Å². The number of nitrogens with zero attached hydrogens (tertiary/aromatic N) is 2. The second kappa shape index (κ2) is 14.7. The van der Waals surface area contributed by atoms with Crippen LogP contribution in [-0.4, -0.2) is 52.6 Å². The molecule has 2 rings (SSSR count). The van der Waals surface area contributed by atoms with Gasteiger partial charge < -0.3 is 18.9 Å². The molecule has 2 heterocycles. The minimum Gasteiger partial charge on any atom is -0.459 e. The Balaban J connectivity index is 2.41. The van der Waals surface area contributed by atoms with Gasteiger partial charge in [0.15, 0.2) is 0 Å². The van der Waals surface area contributed by atoms with Crippen LogP contribution in [0.1, 0.15) is 82.3 Å². The van der Waals surface area contributed by atoms with Crippen molar-refractivity contribution < 1.29 is 33.3 Å². The zero-order chi connectivity index (χ0) is 26.7. The highest BCUT2D eigenvalue weighted by Gasteiger charge is 2.40. The van der Waals surface area contributed by atoms with Gasteiger partial charge in [0, 0.05) is 25.5 Å². The standard InChI is InChI=1S/C24H33BrN2O9/c1-4-7-9-19(28)27-22(30)16(11-12-25)14-26(23(27)31)20-13-17(36-21(29)10-8-5-2)18(35-20)15-34-24(32)33-6-3/h11-12,14,17-18,20H,4-10,13,15H2,1-3H3/b12-11+/t17-,18+,20+/m0/s1. The first-order valence-corrected chi connectivity index (χ1v) is 13.0. The minimum atomic E-state index is -0.981. The fraction of sp³-hybridized carbons (Fsp3) is 0.625. The van der Waals surface area contributed by atoms with Crippen molar-refractivity contribution in [3.05, 3.63) is 37.6 Å². The Hall–Kier alpha value is -2.73. The highest BCUT2D eigenvalue weighted by molar-refractivity contribution is 9.11. The van der Waals surface area contributed by atoms with Gasteiger partial charge in [0.25, 0.3) is 5.56 Å². The van der Waals surface area contributed by atoms with E-state index >= 15 is 0 Å². The summed E-state index contributed by atoms with van der Waals surface area (Å²) in [4.78, 5) is 64.2. The predicted molar refractivity (Wildman–Crippen MR) is 134 cm³/mol. The largest absolute Gasteiger partial charge is 0.508 e. The van der Waals surface area contributed by atoms with E-state index in [9.17, 15) is 24.0 Å². The molecule has 0 aromatic carbocycles. The molecule has 0 bridgehead atoms. The number of esters is 1. The summed E-state index contributed by atoms with van der Waals surface area (Å²) in [6.07, 6.45) is 2.09. The maximum absolute atomic E-state index is 13.2. The van der Waals surface area contributed by atoms with Gasteiger partial charge in [-0.1, -0.05) is 42.6 Å². The van der Waals surface area contributed by atoms with Crippen molar-refractivity contribution in [2.24, 2.45) is 0 Å². The van der Waals surface area contributed by atoms with E-state index in [1.807, 2.05) is 13.8 Å². The first-order chi connectivity index (χ1) is 17.3. The third-order valence-corrected chi connectivity index (χ3v) is 5.78. The number of halogens is 1. The average Bonchev–Trinajstić information content (AvgIpc) is 3.24. The lowest BCUT2D eigenvalue weighted by Gasteiger charge is -2.19. The number of rotatable bonds is 12. The smallest absolute Gasteiger partial charge is 0.459 e. The van der Waals surface area contributed by atoms with Crippen LogP contribution in [0, 0.1) is 0 Å². The van der Waals surface area contributed by atoms with Crippen LogP contribution in [0.5, 0.6) is 0 Å². The zero-order valence-corrected chi connectivity index (χ0v) is 22.4. The van der Waals surface area contributed by atoms with Gasteiger partial charge in [-0.25, -0.2) is 9.59 Å². The number of hydrogen-bond acceptors (Lipinski definition) is 9. The summed E-state index contributed by atoms with van der Waals surface area (Å²) < 4.78 is 23.1. The van der Waals surface area contributed by atoms with Crippen LogP contribution in [0.15, 0.2) is 20.8 Å². The van der Waals surface area contributed by atoms with Crippen LogP contribution >= 0.6 is 15.9 Å². The minimum absolute atomic E-state index is 0.0340. The molecule has 1 aromatic rings. The summed E-state index contributed by atoms with van der Waals surface area (Å²) in [6, 6.07) is 0. The topological polar surface area (TPSA) is 132 Å². The molecule has 1 saturated heterocycles. The Labute approximate surface area is 217 Å². The Morgan fingerprint density at radius 2 is 1.81 bits per heavy atom. The molecule has 1 aliphatic rings. The monoisotopic (exact) mass is 572 g/mol. The van der Waals surface area contributed by atoms with Crippen molar-refractivity contribution in [1.29, 1.82) is 0 Å². The maximum atomic E-state index is 13.2. The molecular weight excluding hydrogens is 540 g/mol. The molecule has 0 spiro atoms. The number of aromatic nitrogens is 2. The average molecular weight is 573 g/mol. The van der Waals surface area contributed by atoms with E-state index in [4.69, 9.17) is 18.9 Å². The first kappa shape index (κ1) is 29.5. The first-order valence-electron chi connectivity index (χ1n) is 12.1. The van der Waals surface area contributed by atoms with Crippen molar-refractivity contribution in [3.8, 4) is 0 Å². The summed E-state index contributed by atoms with van der Waals surface area (Å²) in [7, 11) is 0. The van der Waals surface area contributed by atoms with Gasteiger partial charge in [0.05, 0.1) is 12.2 Å². The highest BCUT2D eigenvalue weighted by Crippen LogP contribution is 2.31. The number of carbonyl (C=O) groups is 3. The lowest BCUT2D eigenvalue weighted by molar-refractivity contribution is -0.153. The second-order valence-corrected chi connectivity index (χ2v) is 8.72. The molecule has 12 heteroatoms. The second-order valence-electron chi connectivity index (χ2n) is 8.20. The molecule has 0 unspecified atom stereocenters. The van der Waals surface area contributed by atoms with E-state index < -0.39 is 47.7 Å². The Kier molecular flexibility index (Phi) is 12.1. The molecule has 1 aromatic heterocycles. The molecule has 0 saturated carbocycles. The van der Waals surface area contributed by atoms with Crippen molar-refractivity contribution in [1.82, 2.24) is 9.13 Å². The molecule has 1 aliphatic heterocycles. The molecule has 36 heavy (non-hydrogen) atoms. The molecule has 0 radical (unpaired) electrons. The molecule has 0 aliphatic carbocycles. The lowest BCUT2D eigenvalue weighted by atomic mass is 10.1. The van der Waals surface area contributed by atoms with Gasteiger partial charge in [-0.15, -0.1) is 0 Å². The summed E-state index contributed by atoms with van der Waals surface area (Å²) in [5, 5.41) is 0. The highest BCUT2D eigenvalue weighted by atomic mass is 79.9. The molecule has 1 fully saturated rings. The lowest BCUT2D eigenvalue weighted by Crippen LogP contribution is -2.45. The number of hydrogen-bond donors (Lipinski definition) is 0. The van der Waals surface area contributed by atoms with Crippen LogP contribution in [0.25, 0.3) is 6.08 Å². The van der Waals surface area contributed by atoms with E-state index in [0.29, 0.717) is 23.8 Å². The molecular formula is C24H33BrN2O9. The zero-order valence-electron chi connectivity index (χ0n) is 20.8. The van der Waals surface area contributed by atoms with Crippen molar-refractivity contribution >= 4 is 40.0 Å². The summed E-state index contributed by atoms with van der Waals surface area (Å²) in [5.41, 5.74) is -1.51. The molecule has 11 nitrogen and oxygen atoms in total. The van der Waals surface area contributed by atoms with Crippen molar-refractivity contribution in [3.63, 3.8) is 0 Å². The van der Waals surface area contributed by atoms with Crippen LogP contribution in [-0.2, 0) is 23.7 Å². The van der Waals surface area contributed by atoms with E-state index in [-0.39, 0.29) is 38.0 Å². The van der Waals surface area contributed by atoms with Gasteiger partial charge in [0.1, 0.15) is 25.0 Å². The predicted octanol–water partition coefficient (Wildman–Crippen LogP) is 3.77. The van der Waals surface area contributed by atoms with Gasteiger partial charge >= 0.3 is 17.8 Å². The summed E-state index contributed by atoms with van der Waals surface area (Å²) >= 11 is 3.11. The number of ether oxygens (including phenoxy) is 4. The fourth-order valence-electron chi connectivity index (χ4n) is 3.64. The maximum Gasteiger partial charge on any atom is 0.508 e. The summed E-state index contributed by atoms with van der Waals surface area (Å²) in [5.74, 6) is -1.06. The van der Waals surface area contributed by atoms with E-state index in [1.54, 1.807) is 6.92 Å². The van der Waals surface area contributed by atoms with Gasteiger partial charge in [-0.3, -0.25) is 19.0 Å². The Morgan fingerprint density at radius 3 is 2.44 bits per heavy atom. The fourth-order valence-corrected chi connectivity index (χ4v) is 3.93. The van der Waals surface area contributed by atoms with Crippen LogP contribution in [0.4, 0.5) is 4.79 Å². The molecule has 0 N–H and O–H groups in total. The molecule has 3 atom stereocenters. The Morgan fingerprint density at radius 1 is 1.11 bits per heavy atom. The van der Waals surface area contributed by atoms with Crippen LogP contribution < -0.4 is 11.2 Å². The quantitative estimate of drug-likeness (QED) is 0.343. The van der Waals surface area contributed by atoms with Crippen molar-refractivity contribution in [2.75, 3.05) is 13.2 Å². The molecule has 200 valence electrons. The van der Waals surface area contributed by atoms with E-state index in [1.165, 1.54) is 17.3 Å². The third kappa shape index (κ3) is 7.89. The third-order valence-electron chi connectivity index (χ3n) is 5.51. The Bertz CT molecular complexity index is 1060. The van der Waals surface area contributed by atoms with Crippen LogP contribution in [0.3, 0.4) is 0 Å². The van der Waals surface area contributed by atoms with Crippen molar-refractivity contribution in [2.45, 2.75) is 84.2 Å². The molecule has 0 amide bonds. The van der Waals surface area contributed by atoms with Gasteiger partial charge in [-0.05, 0) is 30.8 Å². The van der Waals surface area contributed by atoms with Gasteiger partial charge in [-0.2, -0.15) is 4.57 Å². The van der Waals surface area contributed by atoms with Gasteiger partial charge in [0.2, 0.25) is 5.91 Å². The van der Waals surface area contributed by atoms with E-state index in [0.717, 1.165) is 11.0 Å². The number of unbranched alkanes of at least 4 members (excludes halogenated alkanes) is 2. The van der Waals surface area contributed by atoms with E-state index in [2.05, 4.69) is 15.9 Å². The SMILES string of the molecule is CCCCC(=O)O[C@H]1C[C@H](n2cc(/C=C/Br)c(=O)n(C(=O)CCCC)c2=O)O[C@@H]1COC(=O)OCC. The number of carbonyl (C=O) groups excluding carboxylic acids is 3. The summed E-state index contributed by atoms with van der Waals surface area (Å²) in [6.45, 7) is 5.31.